The van der Waals surface area contributed by atoms with Crippen molar-refractivity contribution < 1.29 is 9.18 Å². The number of rotatable bonds is 3. The first kappa shape index (κ1) is 13.6. The highest BCUT2D eigenvalue weighted by Gasteiger charge is 2.11. The molecule has 1 aromatic carbocycles. The summed E-state index contributed by atoms with van der Waals surface area (Å²) in [7, 11) is 1.74. The Kier molecular flexibility index (Phi) is 3.90. The molecule has 0 unspecified atom stereocenters. The Labute approximate surface area is 118 Å². The van der Waals surface area contributed by atoms with Gasteiger partial charge in [-0.1, -0.05) is 15.9 Å². The first-order chi connectivity index (χ1) is 8.97. The van der Waals surface area contributed by atoms with Gasteiger partial charge in [0.1, 0.15) is 11.5 Å². The number of hydrogen-bond acceptors (Lipinski definition) is 2. The van der Waals surface area contributed by atoms with E-state index in [-0.39, 0.29) is 18.3 Å². The summed E-state index contributed by atoms with van der Waals surface area (Å²) in [5.74, 6) is -0.592. The van der Waals surface area contributed by atoms with E-state index in [4.69, 9.17) is 5.73 Å². The van der Waals surface area contributed by atoms with Crippen LogP contribution in [-0.4, -0.2) is 10.5 Å². The van der Waals surface area contributed by atoms with Gasteiger partial charge in [-0.2, -0.15) is 0 Å². The molecule has 0 aliphatic rings. The molecule has 0 aliphatic carbocycles. The van der Waals surface area contributed by atoms with E-state index >= 15 is 0 Å². The van der Waals surface area contributed by atoms with Crippen molar-refractivity contribution in [3.8, 4) is 0 Å². The highest BCUT2D eigenvalue weighted by molar-refractivity contribution is 9.10. The molecule has 0 radical (unpaired) electrons. The van der Waals surface area contributed by atoms with Crippen molar-refractivity contribution in [2.24, 2.45) is 7.05 Å². The predicted molar refractivity (Wildman–Crippen MR) is 75.1 cm³/mol. The summed E-state index contributed by atoms with van der Waals surface area (Å²) in [4.78, 5) is 12.0. The number of anilines is 1. The maximum Gasteiger partial charge on any atom is 0.268 e. The van der Waals surface area contributed by atoms with Gasteiger partial charge in [0, 0.05) is 24.3 Å². The molecule has 1 heterocycles. The Morgan fingerprint density at radius 2 is 2.21 bits per heavy atom. The molecular formula is C13H13BrFN3O. The normalized spacial score (nSPS) is 10.5. The van der Waals surface area contributed by atoms with Crippen LogP contribution in [0.2, 0.25) is 0 Å². The van der Waals surface area contributed by atoms with Crippen LogP contribution in [0.5, 0.6) is 0 Å². The summed E-state index contributed by atoms with van der Waals surface area (Å²) >= 11 is 3.31. The number of benzene rings is 1. The van der Waals surface area contributed by atoms with Crippen molar-refractivity contribution in [1.29, 1.82) is 0 Å². The second-order valence-corrected chi connectivity index (χ2v) is 5.04. The molecule has 1 amide bonds. The number of nitrogens with zero attached hydrogens (tertiary/aromatic N) is 1. The van der Waals surface area contributed by atoms with Gasteiger partial charge >= 0.3 is 0 Å². The van der Waals surface area contributed by atoms with E-state index in [1.807, 2.05) is 0 Å². The predicted octanol–water partition coefficient (Wildman–Crippen LogP) is 2.44. The van der Waals surface area contributed by atoms with Gasteiger partial charge in [-0.15, -0.1) is 0 Å². The SMILES string of the molecule is Cn1cc(N)cc1C(=O)NCc1cc(F)ccc1Br. The molecule has 0 fully saturated rings. The highest BCUT2D eigenvalue weighted by Crippen LogP contribution is 2.18. The number of nitrogen functional groups attached to an aromatic ring is 1. The van der Waals surface area contributed by atoms with Crippen LogP contribution >= 0.6 is 15.9 Å². The quantitative estimate of drug-likeness (QED) is 0.910. The minimum atomic E-state index is -0.337. The monoisotopic (exact) mass is 325 g/mol. The van der Waals surface area contributed by atoms with Gasteiger partial charge in [0.25, 0.3) is 5.91 Å². The fourth-order valence-electron chi connectivity index (χ4n) is 1.76. The molecule has 2 rings (SSSR count). The van der Waals surface area contributed by atoms with Crippen molar-refractivity contribution in [3.05, 3.63) is 52.0 Å². The Balaban J connectivity index is 2.08. The largest absolute Gasteiger partial charge is 0.397 e. The van der Waals surface area contributed by atoms with Crippen LogP contribution in [0, 0.1) is 5.82 Å². The molecule has 19 heavy (non-hydrogen) atoms. The Morgan fingerprint density at radius 3 is 2.84 bits per heavy atom. The van der Waals surface area contributed by atoms with E-state index in [1.54, 1.807) is 29.9 Å². The van der Waals surface area contributed by atoms with Crippen LogP contribution in [0.15, 0.2) is 34.9 Å². The van der Waals surface area contributed by atoms with Crippen LogP contribution < -0.4 is 11.1 Å². The molecule has 6 heteroatoms. The average Bonchev–Trinajstić information content (AvgIpc) is 2.69. The van der Waals surface area contributed by atoms with E-state index < -0.39 is 0 Å². The third kappa shape index (κ3) is 3.14. The van der Waals surface area contributed by atoms with Gasteiger partial charge in [0.05, 0.1) is 5.69 Å². The Morgan fingerprint density at radius 1 is 1.47 bits per heavy atom. The van der Waals surface area contributed by atoms with Crippen LogP contribution in [0.25, 0.3) is 0 Å². The summed E-state index contributed by atoms with van der Waals surface area (Å²) in [5, 5.41) is 2.73. The molecule has 0 atom stereocenters. The van der Waals surface area contributed by atoms with Crippen molar-refractivity contribution in [2.45, 2.75) is 6.54 Å². The zero-order valence-corrected chi connectivity index (χ0v) is 11.9. The zero-order chi connectivity index (χ0) is 14.0. The number of carbonyl (C=O) groups is 1. The minimum Gasteiger partial charge on any atom is -0.397 e. The lowest BCUT2D eigenvalue weighted by Gasteiger charge is -2.08. The van der Waals surface area contributed by atoms with Gasteiger partial charge < -0.3 is 15.6 Å². The van der Waals surface area contributed by atoms with Crippen LogP contribution in [0.4, 0.5) is 10.1 Å². The fraction of sp³-hybridized carbons (Fsp3) is 0.154. The summed E-state index contributed by atoms with van der Waals surface area (Å²) in [6, 6.07) is 5.93. The van der Waals surface area contributed by atoms with Crippen LogP contribution in [0.3, 0.4) is 0 Å². The number of nitrogens with two attached hydrogens (primary N) is 1. The minimum absolute atomic E-state index is 0.238. The van der Waals surface area contributed by atoms with Crippen molar-refractivity contribution >= 4 is 27.5 Å². The fourth-order valence-corrected chi connectivity index (χ4v) is 2.15. The van der Waals surface area contributed by atoms with Gasteiger partial charge in [-0.25, -0.2) is 4.39 Å². The summed E-state index contributed by atoms with van der Waals surface area (Å²) in [6.45, 7) is 0.238. The van der Waals surface area contributed by atoms with E-state index in [9.17, 15) is 9.18 Å². The first-order valence-corrected chi connectivity index (χ1v) is 6.40. The topological polar surface area (TPSA) is 60.0 Å². The first-order valence-electron chi connectivity index (χ1n) is 5.61. The smallest absolute Gasteiger partial charge is 0.268 e. The van der Waals surface area contributed by atoms with Crippen molar-refractivity contribution in [2.75, 3.05) is 5.73 Å². The van der Waals surface area contributed by atoms with Crippen LogP contribution in [-0.2, 0) is 13.6 Å². The van der Waals surface area contributed by atoms with E-state index in [1.165, 1.54) is 12.1 Å². The highest BCUT2D eigenvalue weighted by atomic mass is 79.9. The molecule has 3 N–H and O–H groups in total. The van der Waals surface area contributed by atoms with Crippen LogP contribution in [0.1, 0.15) is 16.1 Å². The molecule has 0 bridgehead atoms. The maximum absolute atomic E-state index is 13.1. The molecule has 0 saturated carbocycles. The second-order valence-electron chi connectivity index (χ2n) is 4.19. The Hall–Kier alpha value is -1.82. The maximum atomic E-state index is 13.1. The molecular weight excluding hydrogens is 313 g/mol. The number of amides is 1. The summed E-state index contributed by atoms with van der Waals surface area (Å²) in [6.07, 6.45) is 1.66. The van der Waals surface area contributed by atoms with Gasteiger partial charge in [-0.3, -0.25) is 4.79 Å². The number of hydrogen-bond donors (Lipinski definition) is 2. The van der Waals surface area contributed by atoms with Gasteiger partial charge in [-0.05, 0) is 29.8 Å². The molecule has 0 spiro atoms. The second kappa shape index (κ2) is 5.44. The lowest BCUT2D eigenvalue weighted by atomic mass is 10.2. The number of carbonyl (C=O) groups excluding carboxylic acids is 1. The number of aryl methyl sites for hydroxylation is 1. The third-order valence-electron chi connectivity index (χ3n) is 2.71. The summed E-state index contributed by atoms with van der Waals surface area (Å²) < 4.78 is 15.5. The van der Waals surface area contributed by atoms with Crippen molar-refractivity contribution in [3.63, 3.8) is 0 Å². The molecule has 2 aromatic rings. The van der Waals surface area contributed by atoms with Crippen molar-refractivity contribution in [1.82, 2.24) is 9.88 Å². The van der Waals surface area contributed by atoms with E-state index in [2.05, 4.69) is 21.2 Å². The van der Waals surface area contributed by atoms with E-state index in [0.717, 1.165) is 4.47 Å². The molecule has 4 nitrogen and oxygen atoms in total. The third-order valence-corrected chi connectivity index (χ3v) is 3.48. The standard InChI is InChI=1S/C13H13BrFN3O/c1-18-7-10(16)5-12(18)13(19)17-6-8-4-9(15)2-3-11(8)14/h2-5,7H,6,16H2,1H3,(H,17,19). The molecule has 1 aromatic heterocycles. The molecule has 0 saturated heterocycles. The molecule has 100 valence electrons. The van der Waals surface area contributed by atoms with E-state index in [0.29, 0.717) is 16.9 Å². The summed E-state index contributed by atoms with van der Waals surface area (Å²) in [5.41, 5.74) is 7.28. The lowest BCUT2D eigenvalue weighted by molar-refractivity contribution is 0.0942. The number of halogens is 2. The Bertz CT molecular complexity index is 624. The lowest BCUT2D eigenvalue weighted by Crippen LogP contribution is -2.25. The average molecular weight is 326 g/mol. The number of aromatic nitrogens is 1. The number of nitrogens with one attached hydrogen (secondary N) is 1. The molecule has 0 aliphatic heterocycles. The van der Waals surface area contributed by atoms with Gasteiger partial charge in [0.15, 0.2) is 0 Å². The van der Waals surface area contributed by atoms with Gasteiger partial charge in [0.2, 0.25) is 0 Å². The zero-order valence-electron chi connectivity index (χ0n) is 10.3.